The summed E-state index contributed by atoms with van der Waals surface area (Å²) in [6.45, 7) is 9.96. The van der Waals surface area contributed by atoms with E-state index >= 15 is 0 Å². The zero-order valence-corrected chi connectivity index (χ0v) is 19.8. The van der Waals surface area contributed by atoms with Crippen molar-refractivity contribution in [3.05, 3.63) is 53.1 Å². The van der Waals surface area contributed by atoms with E-state index in [2.05, 4.69) is 29.4 Å². The molecule has 0 unspecified atom stereocenters. The van der Waals surface area contributed by atoms with Crippen molar-refractivity contribution in [3.63, 3.8) is 0 Å². The normalized spacial score (nSPS) is 13.7. The van der Waals surface area contributed by atoms with Gasteiger partial charge in [-0.3, -0.25) is 9.79 Å². The Morgan fingerprint density at radius 3 is 2.69 bits per heavy atom. The second-order valence-electron chi connectivity index (χ2n) is 8.86. The maximum Gasteiger partial charge on any atom is 0.230 e. The Morgan fingerprint density at radius 1 is 1.16 bits per heavy atom. The average molecular weight is 439 g/mol. The second-order valence-corrected chi connectivity index (χ2v) is 8.86. The molecule has 0 aliphatic carbocycles. The molecule has 172 valence electrons. The van der Waals surface area contributed by atoms with Gasteiger partial charge in [0.2, 0.25) is 11.8 Å². The van der Waals surface area contributed by atoms with Crippen LogP contribution >= 0.6 is 0 Å². The number of amides is 1. The van der Waals surface area contributed by atoms with Crippen LogP contribution in [0.5, 0.6) is 11.5 Å². The van der Waals surface area contributed by atoms with Gasteiger partial charge in [0.05, 0.1) is 26.0 Å². The summed E-state index contributed by atoms with van der Waals surface area (Å²) in [5.41, 5.74) is 3.18. The largest absolute Gasteiger partial charge is 0.495 e. The summed E-state index contributed by atoms with van der Waals surface area (Å²) >= 11 is 0. The third-order valence-electron chi connectivity index (χ3n) is 5.65. The third kappa shape index (κ3) is 6.02. The molecule has 1 aliphatic heterocycles. The topological polar surface area (TPSA) is 69.2 Å². The van der Waals surface area contributed by atoms with E-state index in [0.29, 0.717) is 37.0 Å². The molecule has 0 saturated carbocycles. The van der Waals surface area contributed by atoms with Gasteiger partial charge >= 0.3 is 0 Å². The summed E-state index contributed by atoms with van der Waals surface area (Å²) in [6, 6.07) is 11.8. The first-order valence-electron chi connectivity index (χ1n) is 11.2. The van der Waals surface area contributed by atoms with Crippen LogP contribution in [0.3, 0.4) is 0 Å². The lowest BCUT2D eigenvalue weighted by molar-refractivity contribution is -0.124. The number of carbonyl (C=O) groups excluding carboxylic acids is 1. The molecule has 1 N–H and O–H groups in total. The summed E-state index contributed by atoms with van der Waals surface area (Å²) in [5, 5.41) is 3.04. The van der Waals surface area contributed by atoms with E-state index in [4.69, 9.17) is 14.2 Å². The fourth-order valence-electron chi connectivity index (χ4n) is 3.54. The van der Waals surface area contributed by atoms with Gasteiger partial charge < -0.3 is 19.5 Å². The Morgan fingerprint density at radius 2 is 1.97 bits per heavy atom. The highest BCUT2D eigenvalue weighted by Crippen LogP contribution is 2.31. The van der Waals surface area contributed by atoms with Crippen molar-refractivity contribution < 1.29 is 19.0 Å². The number of rotatable bonds is 9. The van der Waals surface area contributed by atoms with Crippen molar-refractivity contribution in [2.75, 3.05) is 32.2 Å². The lowest BCUT2D eigenvalue weighted by Crippen LogP contribution is -2.31. The molecule has 1 aliphatic rings. The van der Waals surface area contributed by atoms with Gasteiger partial charge in [0, 0.05) is 23.9 Å². The number of benzene rings is 2. The van der Waals surface area contributed by atoms with E-state index in [9.17, 15) is 4.79 Å². The fraction of sp³-hybridized carbons (Fsp3) is 0.462. The van der Waals surface area contributed by atoms with Crippen LogP contribution < -0.4 is 14.8 Å². The standard InChI is InChI=1S/C26H34N2O4/c1-18-8-9-19(2)23(16-18)31-14-6-12-26(3,4)25(29)28-21-17-20(10-11-22(21)30-5)24-27-13-7-15-32-24/h8-11,16-17H,6-7,12-15H2,1-5H3,(H,28,29). The van der Waals surface area contributed by atoms with E-state index in [1.54, 1.807) is 7.11 Å². The molecule has 0 atom stereocenters. The van der Waals surface area contributed by atoms with E-state index in [1.165, 1.54) is 5.56 Å². The van der Waals surface area contributed by atoms with E-state index in [0.717, 1.165) is 36.3 Å². The van der Waals surface area contributed by atoms with Gasteiger partial charge in [0.15, 0.2) is 0 Å². The molecule has 2 aromatic carbocycles. The minimum atomic E-state index is -0.565. The van der Waals surface area contributed by atoms with Crippen LogP contribution in [0.1, 0.15) is 49.8 Å². The number of aliphatic imine (C=N–C) groups is 1. The summed E-state index contributed by atoms with van der Waals surface area (Å²) in [7, 11) is 1.59. The molecular formula is C26H34N2O4. The molecule has 0 spiro atoms. The number of ether oxygens (including phenoxy) is 3. The Balaban J connectivity index is 1.60. The molecule has 0 saturated heterocycles. The lowest BCUT2D eigenvalue weighted by atomic mass is 9.86. The predicted octanol–water partition coefficient (Wildman–Crippen LogP) is 5.30. The number of carbonyl (C=O) groups is 1. The zero-order valence-electron chi connectivity index (χ0n) is 19.8. The molecular weight excluding hydrogens is 404 g/mol. The molecule has 6 heteroatoms. The summed E-state index contributed by atoms with van der Waals surface area (Å²) in [6.07, 6.45) is 2.39. The molecule has 2 aromatic rings. The number of methoxy groups -OCH3 is 1. The minimum absolute atomic E-state index is 0.0637. The highest BCUT2D eigenvalue weighted by atomic mass is 16.5. The number of anilines is 1. The van der Waals surface area contributed by atoms with E-state index in [1.807, 2.05) is 45.0 Å². The van der Waals surface area contributed by atoms with Crippen LogP contribution in [0.4, 0.5) is 5.69 Å². The number of aryl methyl sites for hydroxylation is 2. The van der Waals surface area contributed by atoms with Crippen molar-refractivity contribution in [1.29, 1.82) is 0 Å². The monoisotopic (exact) mass is 438 g/mol. The Bertz CT molecular complexity index is 982. The van der Waals surface area contributed by atoms with E-state index < -0.39 is 5.41 Å². The van der Waals surface area contributed by atoms with Crippen molar-refractivity contribution in [2.24, 2.45) is 10.4 Å². The van der Waals surface area contributed by atoms with Gasteiger partial charge in [-0.2, -0.15) is 0 Å². The van der Waals surface area contributed by atoms with Crippen molar-refractivity contribution >= 4 is 17.5 Å². The quantitative estimate of drug-likeness (QED) is 0.539. The summed E-state index contributed by atoms with van der Waals surface area (Å²) in [4.78, 5) is 17.5. The lowest BCUT2D eigenvalue weighted by Gasteiger charge is -2.24. The maximum atomic E-state index is 13.1. The van der Waals surface area contributed by atoms with Crippen LogP contribution in [0.2, 0.25) is 0 Å². The predicted molar refractivity (Wildman–Crippen MR) is 128 cm³/mol. The zero-order chi connectivity index (χ0) is 23.1. The van der Waals surface area contributed by atoms with Crippen molar-refractivity contribution in [1.82, 2.24) is 0 Å². The van der Waals surface area contributed by atoms with Gasteiger partial charge in [-0.05, 0) is 62.1 Å². The van der Waals surface area contributed by atoms with Gasteiger partial charge in [-0.25, -0.2) is 0 Å². The molecule has 0 aromatic heterocycles. The first-order valence-corrected chi connectivity index (χ1v) is 11.2. The Kier molecular flexibility index (Phi) is 7.78. The molecule has 1 heterocycles. The first-order chi connectivity index (χ1) is 15.3. The van der Waals surface area contributed by atoms with E-state index in [-0.39, 0.29) is 5.91 Å². The van der Waals surface area contributed by atoms with Gasteiger partial charge in [0.1, 0.15) is 11.5 Å². The smallest absolute Gasteiger partial charge is 0.230 e. The fourth-order valence-corrected chi connectivity index (χ4v) is 3.54. The van der Waals surface area contributed by atoms with Gasteiger partial charge in [-0.15, -0.1) is 0 Å². The minimum Gasteiger partial charge on any atom is -0.495 e. The number of hydrogen-bond donors (Lipinski definition) is 1. The van der Waals surface area contributed by atoms with Crippen LogP contribution in [0.15, 0.2) is 41.4 Å². The Hall–Kier alpha value is -3.02. The molecule has 0 bridgehead atoms. The molecule has 6 nitrogen and oxygen atoms in total. The second kappa shape index (κ2) is 10.5. The maximum absolute atomic E-state index is 13.1. The summed E-state index contributed by atoms with van der Waals surface area (Å²) < 4.78 is 17.1. The van der Waals surface area contributed by atoms with Crippen molar-refractivity contribution in [2.45, 2.75) is 47.0 Å². The van der Waals surface area contributed by atoms with Crippen molar-refractivity contribution in [3.8, 4) is 11.5 Å². The van der Waals surface area contributed by atoms with Gasteiger partial charge in [-0.1, -0.05) is 26.0 Å². The van der Waals surface area contributed by atoms with Crippen LogP contribution in [0, 0.1) is 19.3 Å². The highest BCUT2D eigenvalue weighted by Gasteiger charge is 2.28. The van der Waals surface area contributed by atoms with Crippen LogP contribution in [0.25, 0.3) is 0 Å². The average Bonchev–Trinajstić information content (AvgIpc) is 2.79. The van der Waals surface area contributed by atoms with Crippen LogP contribution in [-0.4, -0.2) is 38.7 Å². The highest BCUT2D eigenvalue weighted by molar-refractivity contribution is 5.99. The molecule has 32 heavy (non-hydrogen) atoms. The third-order valence-corrected chi connectivity index (χ3v) is 5.65. The molecule has 1 amide bonds. The molecule has 0 fully saturated rings. The SMILES string of the molecule is COc1ccc(C2=NCCCO2)cc1NC(=O)C(C)(C)CCCOc1cc(C)ccc1C. The van der Waals surface area contributed by atoms with Gasteiger partial charge in [0.25, 0.3) is 0 Å². The first kappa shape index (κ1) is 23.6. The summed E-state index contributed by atoms with van der Waals surface area (Å²) in [5.74, 6) is 2.05. The number of nitrogens with zero attached hydrogens (tertiary/aromatic N) is 1. The Labute approximate surface area is 191 Å². The number of hydrogen-bond acceptors (Lipinski definition) is 5. The molecule has 3 rings (SSSR count). The molecule has 0 radical (unpaired) electrons. The number of nitrogens with one attached hydrogen (secondary N) is 1. The van der Waals surface area contributed by atoms with Crippen LogP contribution in [-0.2, 0) is 9.53 Å².